The molecule has 0 saturated heterocycles. The maximum Gasteiger partial charge on any atom is 0.327 e. The Bertz CT molecular complexity index is 422. The summed E-state index contributed by atoms with van der Waals surface area (Å²) in [6.45, 7) is 1.45. The van der Waals surface area contributed by atoms with Crippen molar-refractivity contribution in [2.24, 2.45) is 0 Å². The molecule has 17 heavy (non-hydrogen) atoms. The van der Waals surface area contributed by atoms with E-state index in [2.05, 4.69) is 5.32 Å². The Labute approximate surface area is 96.2 Å². The van der Waals surface area contributed by atoms with Gasteiger partial charge in [0, 0.05) is 18.2 Å². The molecule has 1 aromatic rings. The molecule has 0 heterocycles. The van der Waals surface area contributed by atoms with Crippen molar-refractivity contribution < 1.29 is 18.8 Å². The summed E-state index contributed by atoms with van der Waals surface area (Å²) in [6, 6.07) is 0.790. The van der Waals surface area contributed by atoms with E-state index in [1.807, 2.05) is 0 Å². The number of nitrogens with one attached hydrogen (secondary N) is 1. The van der Waals surface area contributed by atoms with Crippen molar-refractivity contribution >= 4 is 11.4 Å². The van der Waals surface area contributed by atoms with Crippen LogP contribution in [0.25, 0.3) is 0 Å². The van der Waals surface area contributed by atoms with Crippen molar-refractivity contribution in [3.63, 3.8) is 0 Å². The molecule has 0 spiro atoms. The van der Waals surface area contributed by atoms with Crippen molar-refractivity contribution in [2.45, 2.75) is 19.4 Å². The summed E-state index contributed by atoms with van der Waals surface area (Å²) in [5, 5.41) is 22.1. The number of hydrogen-bond acceptors (Lipinski definition) is 4. The van der Waals surface area contributed by atoms with E-state index >= 15 is 0 Å². The Hall–Kier alpha value is -1.76. The molecule has 0 fully saturated rings. The van der Waals surface area contributed by atoms with Crippen LogP contribution in [-0.4, -0.2) is 22.7 Å². The number of anilines is 1. The zero-order valence-electron chi connectivity index (χ0n) is 9.11. The third-order valence-corrected chi connectivity index (χ3v) is 2.28. The average molecular weight is 246 g/mol. The molecule has 7 heteroatoms. The number of benzene rings is 1. The van der Waals surface area contributed by atoms with Gasteiger partial charge in [0.15, 0.2) is 0 Å². The van der Waals surface area contributed by atoms with Crippen LogP contribution in [0.4, 0.5) is 20.2 Å². The van der Waals surface area contributed by atoms with Crippen LogP contribution >= 0.6 is 0 Å². The number of hydrogen-bond donors (Lipinski definition) is 2. The van der Waals surface area contributed by atoms with Crippen LogP contribution in [0.2, 0.25) is 0 Å². The van der Waals surface area contributed by atoms with E-state index in [4.69, 9.17) is 5.11 Å². The summed E-state index contributed by atoms with van der Waals surface area (Å²) in [4.78, 5) is 9.72. The number of nitro groups is 1. The number of rotatable bonds is 5. The second-order valence-electron chi connectivity index (χ2n) is 3.47. The molecule has 0 aliphatic rings. The molecule has 0 saturated carbocycles. The third-order valence-electron chi connectivity index (χ3n) is 2.28. The first-order chi connectivity index (χ1) is 7.99. The predicted octanol–water partition coefficient (Wildman–Crippen LogP) is 2.06. The van der Waals surface area contributed by atoms with Gasteiger partial charge in [-0.2, -0.15) is 4.39 Å². The lowest BCUT2D eigenvalue weighted by Gasteiger charge is -2.15. The van der Waals surface area contributed by atoms with Gasteiger partial charge in [0.2, 0.25) is 5.82 Å². The zero-order valence-corrected chi connectivity index (χ0v) is 9.11. The van der Waals surface area contributed by atoms with Gasteiger partial charge < -0.3 is 10.4 Å². The van der Waals surface area contributed by atoms with E-state index in [1.165, 1.54) is 0 Å². The van der Waals surface area contributed by atoms with Crippen molar-refractivity contribution in [3.05, 3.63) is 33.9 Å². The number of aliphatic hydroxyl groups excluding tert-OH is 1. The largest absolute Gasteiger partial charge is 0.394 e. The first kappa shape index (κ1) is 13.3. The number of halogens is 2. The van der Waals surface area contributed by atoms with Gasteiger partial charge in [0.1, 0.15) is 11.5 Å². The Morgan fingerprint density at radius 3 is 2.65 bits per heavy atom. The molecule has 1 aromatic carbocycles. The third kappa shape index (κ3) is 3.10. The number of nitro benzene ring substituents is 1. The molecule has 0 bridgehead atoms. The SMILES string of the molecule is CCC(CO)Nc1cc(F)cc(F)c1[N+](=O)[O-]. The summed E-state index contributed by atoms with van der Waals surface area (Å²) in [5.74, 6) is -2.16. The lowest BCUT2D eigenvalue weighted by atomic mass is 10.2. The molecule has 0 aliphatic carbocycles. The molecule has 94 valence electrons. The van der Waals surface area contributed by atoms with Crippen molar-refractivity contribution in [2.75, 3.05) is 11.9 Å². The van der Waals surface area contributed by atoms with E-state index in [9.17, 15) is 18.9 Å². The van der Waals surface area contributed by atoms with Crippen LogP contribution in [-0.2, 0) is 0 Å². The molecule has 0 aromatic heterocycles. The zero-order chi connectivity index (χ0) is 13.0. The molecular formula is C10H12F2N2O3. The number of aliphatic hydroxyl groups is 1. The Balaban J connectivity index is 3.16. The van der Waals surface area contributed by atoms with Crippen molar-refractivity contribution in [1.29, 1.82) is 0 Å². The van der Waals surface area contributed by atoms with Gasteiger partial charge in [0.25, 0.3) is 0 Å². The topological polar surface area (TPSA) is 75.4 Å². The van der Waals surface area contributed by atoms with E-state index in [0.717, 1.165) is 6.07 Å². The Morgan fingerprint density at radius 2 is 2.18 bits per heavy atom. The Morgan fingerprint density at radius 1 is 1.53 bits per heavy atom. The normalized spacial score (nSPS) is 12.2. The molecule has 0 amide bonds. The van der Waals surface area contributed by atoms with E-state index in [-0.39, 0.29) is 12.3 Å². The van der Waals surface area contributed by atoms with Crippen molar-refractivity contribution in [1.82, 2.24) is 0 Å². The van der Waals surface area contributed by atoms with Gasteiger partial charge in [0.05, 0.1) is 11.5 Å². The standard InChI is InChI=1S/C10H12F2N2O3/c1-2-7(5-15)13-9-4-6(11)3-8(12)10(9)14(16)17/h3-4,7,13,15H,2,5H2,1H3. The fourth-order valence-electron chi connectivity index (χ4n) is 1.36. The van der Waals surface area contributed by atoms with Crippen LogP contribution in [0.1, 0.15) is 13.3 Å². The van der Waals surface area contributed by atoms with Gasteiger partial charge in [-0.25, -0.2) is 4.39 Å². The molecule has 0 radical (unpaired) electrons. The highest BCUT2D eigenvalue weighted by atomic mass is 19.1. The fraction of sp³-hybridized carbons (Fsp3) is 0.400. The van der Waals surface area contributed by atoms with Crippen LogP contribution < -0.4 is 5.32 Å². The van der Waals surface area contributed by atoms with E-state index in [0.29, 0.717) is 12.5 Å². The summed E-state index contributed by atoms with van der Waals surface area (Å²) < 4.78 is 26.2. The molecule has 1 rings (SSSR count). The van der Waals surface area contributed by atoms with Crippen LogP contribution in [0.3, 0.4) is 0 Å². The fourth-order valence-corrected chi connectivity index (χ4v) is 1.36. The molecule has 1 atom stereocenters. The van der Waals surface area contributed by atoms with Crippen LogP contribution in [0.5, 0.6) is 0 Å². The lowest BCUT2D eigenvalue weighted by Crippen LogP contribution is -2.23. The van der Waals surface area contributed by atoms with Gasteiger partial charge in [-0.15, -0.1) is 0 Å². The highest BCUT2D eigenvalue weighted by molar-refractivity contribution is 5.62. The molecular weight excluding hydrogens is 234 g/mol. The molecule has 1 unspecified atom stereocenters. The van der Waals surface area contributed by atoms with E-state index < -0.39 is 28.3 Å². The van der Waals surface area contributed by atoms with Gasteiger partial charge in [-0.3, -0.25) is 10.1 Å². The summed E-state index contributed by atoms with van der Waals surface area (Å²) in [6.07, 6.45) is 0.464. The van der Waals surface area contributed by atoms with Crippen LogP contribution in [0, 0.1) is 21.7 Å². The molecule has 5 nitrogen and oxygen atoms in total. The number of nitrogens with zero attached hydrogens (tertiary/aromatic N) is 1. The highest BCUT2D eigenvalue weighted by Gasteiger charge is 2.23. The quantitative estimate of drug-likeness (QED) is 0.616. The molecule has 2 N–H and O–H groups in total. The Kier molecular flexibility index (Phi) is 4.33. The van der Waals surface area contributed by atoms with Gasteiger partial charge in [-0.05, 0) is 6.42 Å². The summed E-state index contributed by atoms with van der Waals surface area (Å²) in [5.41, 5.74) is -1.09. The summed E-state index contributed by atoms with van der Waals surface area (Å²) in [7, 11) is 0. The maximum atomic E-state index is 13.2. The minimum atomic E-state index is -1.25. The second kappa shape index (κ2) is 5.53. The van der Waals surface area contributed by atoms with Gasteiger partial charge in [-0.1, -0.05) is 6.92 Å². The first-order valence-electron chi connectivity index (χ1n) is 5.00. The smallest absolute Gasteiger partial charge is 0.327 e. The minimum Gasteiger partial charge on any atom is -0.394 e. The van der Waals surface area contributed by atoms with E-state index in [1.54, 1.807) is 6.92 Å². The second-order valence-corrected chi connectivity index (χ2v) is 3.47. The predicted molar refractivity (Wildman–Crippen MR) is 57.8 cm³/mol. The maximum absolute atomic E-state index is 13.2. The molecule has 0 aliphatic heterocycles. The highest BCUT2D eigenvalue weighted by Crippen LogP contribution is 2.29. The minimum absolute atomic E-state index is 0.270. The summed E-state index contributed by atoms with van der Waals surface area (Å²) >= 11 is 0. The van der Waals surface area contributed by atoms with Crippen LogP contribution in [0.15, 0.2) is 12.1 Å². The lowest BCUT2D eigenvalue weighted by molar-refractivity contribution is -0.386. The van der Waals surface area contributed by atoms with Crippen molar-refractivity contribution in [3.8, 4) is 0 Å². The first-order valence-corrected chi connectivity index (χ1v) is 5.00. The monoisotopic (exact) mass is 246 g/mol. The average Bonchev–Trinajstić information content (AvgIpc) is 2.24. The van der Waals surface area contributed by atoms with Gasteiger partial charge >= 0.3 is 5.69 Å².